The summed E-state index contributed by atoms with van der Waals surface area (Å²) in [6, 6.07) is 23.2. The zero-order chi connectivity index (χ0) is 24.1. The number of carbonyl (C=O) groups is 2. The van der Waals surface area contributed by atoms with Gasteiger partial charge in [-0.25, -0.2) is 0 Å². The number of anilines is 1. The molecule has 0 spiro atoms. The van der Waals surface area contributed by atoms with E-state index in [1.165, 1.54) is 4.90 Å². The molecule has 0 unspecified atom stereocenters. The van der Waals surface area contributed by atoms with Crippen molar-refractivity contribution >= 4 is 23.1 Å². The van der Waals surface area contributed by atoms with Gasteiger partial charge in [-0.3, -0.25) is 14.5 Å². The highest BCUT2D eigenvalue weighted by atomic mass is 16.5. The van der Waals surface area contributed by atoms with E-state index in [1.54, 1.807) is 0 Å². The summed E-state index contributed by atoms with van der Waals surface area (Å²) < 4.78 is 5.74. The van der Waals surface area contributed by atoms with Gasteiger partial charge in [-0.1, -0.05) is 61.5 Å². The minimum atomic E-state index is -0.311. The number of benzene rings is 3. The van der Waals surface area contributed by atoms with E-state index in [-0.39, 0.29) is 11.8 Å². The van der Waals surface area contributed by atoms with Crippen molar-refractivity contribution in [3.05, 3.63) is 101 Å². The summed E-state index contributed by atoms with van der Waals surface area (Å²) in [6.45, 7) is 7.03. The van der Waals surface area contributed by atoms with Crippen LogP contribution >= 0.6 is 0 Å². The first kappa shape index (κ1) is 23.3. The average molecular weight is 455 g/mol. The van der Waals surface area contributed by atoms with Gasteiger partial charge in [0.05, 0.1) is 12.2 Å². The molecule has 3 aromatic carbocycles. The van der Waals surface area contributed by atoms with Crippen LogP contribution in [0.5, 0.6) is 5.75 Å². The molecule has 0 saturated heterocycles. The van der Waals surface area contributed by atoms with Gasteiger partial charge >= 0.3 is 0 Å². The van der Waals surface area contributed by atoms with Crippen LogP contribution in [-0.4, -0.2) is 29.9 Å². The molecule has 0 aromatic heterocycles. The van der Waals surface area contributed by atoms with Crippen LogP contribution in [0.1, 0.15) is 35.6 Å². The molecule has 4 rings (SSSR count). The molecule has 174 valence electrons. The van der Waals surface area contributed by atoms with Gasteiger partial charge in [-0.15, -0.1) is 0 Å². The highest BCUT2D eigenvalue weighted by Gasteiger charge is 2.39. The highest BCUT2D eigenvalue weighted by Crippen LogP contribution is 2.32. The molecule has 5 nitrogen and oxygen atoms in total. The monoisotopic (exact) mass is 454 g/mol. The van der Waals surface area contributed by atoms with E-state index in [0.717, 1.165) is 34.4 Å². The maximum Gasteiger partial charge on any atom is 0.278 e. The topological polar surface area (TPSA) is 58.6 Å². The smallest absolute Gasteiger partial charge is 0.278 e. The van der Waals surface area contributed by atoms with Crippen molar-refractivity contribution in [1.29, 1.82) is 0 Å². The van der Waals surface area contributed by atoms with E-state index in [1.807, 2.05) is 86.6 Å². The van der Waals surface area contributed by atoms with Crippen molar-refractivity contribution in [3.63, 3.8) is 0 Å². The zero-order valence-electron chi connectivity index (χ0n) is 19.9. The van der Waals surface area contributed by atoms with Crippen LogP contribution in [-0.2, 0) is 16.0 Å². The van der Waals surface area contributed by atoms with Gasteiger partial charge in [0.1, 0.15) is 11.4 Å². The van der Waals surface area contributed by atoms with Gasteiger partial charge in [-0.2, -0.15) is 0 Å². The summed E-state index contributed by atoms with van der Waals surface area (Å²) in [5.74, 6) is 0.136. The summed E-state index contributed by atoms with van der Waals surface area (Å²) in [6.07, 6.45) is 1.51. The second kappa shape index (κ2) is 10.4. The average Bonchev–Trinajstić information content (AvgIpc) is 3.08. The summed E-state index contributed by atoms with van der Waals surface area (Å²) in [4.78, 5) is 28.4. The Morgan fingerprint density at radius 2 is 1.65 bits per heavy atom. The second-order valence-corrected chi connectivity index (χ2v) is 8.55. The van der Waals surface area contributed by atoms with E-state index >= 15 is 0 Å². The quantitative estimate of drug-likeness (QED) is 0.432. The first-order valence-corrected chi connectivity index (χ1v) is 11.7. The Bertz CT molecular complexity index is 1230. The Hall–Kier alpha value is -3.86. The Labute approximate surface area is 201 Å². The molecule has 1 aliphatic rings. The predicted molar refractivity (Wildman–Crippen MR) is 136 cm³/mol. The first-order valence-electron chi connectivity index (χ1n) is 11.7. The van der Waals surface area contributed by atoms with Crippen molar-refractivity contribution in [2.45, 2.75) is 33.6 Å². The zero-order valence-corrected chi connectivity index (χ0v) is 19.9. The molecule has 0 saturated carbocycles. The molecule has 0 radical (unpaired) electrons. The van der Waals surface area contributed by atoms with Gasteiger partial charge in [0.25, 0.3) is 11.8 Å². The normalized spacial score (nSPS) is 13.6. The van der Waals surface area contributed by atoms with Crippen LogP contribution in [0.15, 0.2) is 78.5 Å². The fraction of sp³-hybridized carbons (Fsp3) is 0.241. The van der Waals surface area contributed by atoms with Crippen molar-refractivity contribution in [2.24, 2.45) is 0 Å². The Morgan fingerprint density at radius 1 is 0.853 bits per heavy atom. The van der Waals surface area contributed by atoms with Crippen molar-refractivity contribution in [2.75, 3.05) is 18.5 Å². The van der Waals surface area contributed by atoms with Crippen LogP contribution in [0, 0.1) is 13.8 Å². The van der Waals surface area contributed by atoms with Crippen molar-refractivity contribution < 1.29 is 14.3 Å². The highest BCUT2D eigenvalue weighted by molar-refractivity contribution is 6.36. The van der Waals surface area contributed by atoms with Crippen LogP contribution in [0.2, 0.25) is 0 Å². The van der Waals surface area contributed by atoms with Gasteiger partial charge in [0.2, 0.25) is 0 Å². The van der Waals surface area contributed by atoms with E-state index in [2.05, 4.69) is 12.2 Å². The number of rotatable bonds is 9. The molecule has 0 bridgehead atoms. The largest absolute Gasteiger partial charge is 0.494 e. The molecule has 0 fully saturated rings. The number of amides is 2. The molecule has 1 N–H and O–H groups in total. The third-order valence-electron chi connectivity index (χ3n) is 6.01. The van der Waals surface area contributed by atoms with Crippen LogP contribution in [0.25, 0.3) is 5.57 Å². The fourth-order valence-corrected chi connectivity index (χ4v) is 3.97. The molecule has 1 heterocycles. The molecule has 1 aliphatic heterocycles. The molecule has 0 atom stereocenters. The lowest BCUT2D eigenvalue weighted by Crippen LogP contribution is -2.34. The van der Waals surface area contributed by atoms with Crippen LogP contribution in [0.4, 0.5) is 5.69 Å². The fourth-order valence-electron chi connectivity index (χ4n) is 3.97. The number of hydrogen-bond acceptors (Lipinski definition) is 4. The van der Waals surface area contributed by atoms with E-state index in [4.69, 9.17) is 4.74 Å². The minimum Gasteiger partial charge on any atom is -0.494 e. The molecule has 2 amide bonds. The van der Waals surface area contributed by atoms with Crippen LogP contribution < -0.4 is 10.1 Å². The van der Waals surface area contributed by atoms with Gasteiger partial charge < -0.3 is 10.1 Å². The number of nitrogens with one attached hydrogen (secondary N) is 1. The minimum absolute atomic E-state index is 0.273. The lowest BCUT2D eigenvalue weighted by molar-refractivity contribution is -0.136. The molecular weight excluding hydrogens is 424 g/mol. The lowest BCUT2D eigenvalue weighted by Gasteiger charge is -2.15. The molecule has 34 heavy (non-hydrogen) atoms. The first-order chi connectivity index (χ1) is 16.5. The lowest BCUT2D eigenvalue weighted by atomic mass is 9.99. The van der Waals surface area contributed by atoms with Gasteiger partial charge in [0.15, 0.2) is 0 Å². The van der Waals surface area contributed by atoms with E-state index in [0.29, 0.717) is 36.5 Å². The van der Waals surface area contributed by atoms with Crippen molar-refractivity contribution in [1.82, 2.24) is 4.90 Å². The number of ether oxygens (including phenoxy) is 1. The SMILES string of the molecule is CCCOc1cccc(NC2=C(c3ccc(C)c(C)c3)C(=O)N(CCc3ccccc3)C2=O)c1. The molecule has 0 aliphatic carbocycles. The standard InChI is InChI=1S/C29H30N2O3/c1-4-17-34-25-12-8-11-24(19-25)30-27-26(23-14-13-20(2)21(3)18-23)28(32)31(29(27)33)16-15-22-9-6-5-7-10-22/h5-14,18-19,30H,4,15-17H2,1-3H3. The predicted octanol–water partition coefficient (Wildman–Crippen LogP) is 5.53. The molecule has 3 aromatic rings. The molecular formula is C29H30N2O3. The number of nitrogens with zero attached hydrogens (tertiary/aromatic N) is 1. The summed E-state index contributed by atoms with van der Waals surface area (Å²) in [5, 5.41) is 3.24. The van der Waals surface area contributed by atoms with Gasteiger partial charge in [-0.05, 0) is 61.1 Å². The third kappa shape index (κ3) is 5.04. The van der Waals surface area contributed by atoms with Crippen molar-refractivity contribution in [3.8, 4) is 5.75 Å². The summed E-state index contributed by atoms with van der Waals surface area (Å²) in [7, 11) is 0. The maximum atomic E-state index is 13.5. The summed E-state index contributed by atoms with van der Waals surface area (Å²) in [5.41, 5.74) is 5.44. The van der Waals surface area contributed by atoms with E-state index < -0.39 is 0 Å². The Morgan fingerprint density at radius 3 is 2.38 bits per heavy atom. The number of hydrogen-bond donors (Lipinski definition) is 1. The summed E-state index contributed by atoms with van der Waals surface area (Å²) >= 11 is 0. The Kier molecular flexibility index (Phi) is 7.12. The Balaban J connectivity index is 1.67. The number of imide groups is 1. The molecule has 5 heteroatoms. The van der Waals surface area contributed by atoms with Crippen LogP contribution in [0.3, 0.4) is 0 Å². The number of carbonyl (C=O) groups excluding carboxylic acids is 2. The second-order valence-electron chi connectivity index (χ2n) is 8.55. The van der Waals surface area contributed by atoms with Gasteiger partial charge in [0, 0.05) is 18.3 Å². The maximum absolute atomic E-state index is 13.5. The third-order valence-corrected chi connectivity index (χ3v) is 6.01. The number of aryl methyl sites for hydroxylation is 2. The van der Waals surface area contributed by atoms with E-state index in [9.17, 15) is 9.59 Å².